The fourth-order valence-electron chi connectivity index (χ4n) is 2.48. The van der Waals surface area contributed by atoms with E-state index < -0.39 is 4.92 Å². The minimum atomic E-state index is -0.471. The Morgan fingerprint density at radius 2 is 2.40 bits per heavy atom. The predicted molar refractivity (Wildman–Crippen MR) is 77.5 cm³/mol. The van der Waals surface area contributed by atoms with Crippen molar-refractivity contribution in [1.82, 2.24) is 9.97 Å². The molecular weight excluding hydrogens is 300 g/mol. The molecule has 6 nitrogen and oxygen atoms in total. The van der Waals surface area contributed by atoms with Crippen LogP contribution in [0.2, 0.25) is 5.28 Å². The highest BCUT2D eigenvalue weighted by Crippen LogP contribution is 2.38. The van der Waals surface area contributed by atoms with Crippen LogP contribution >= 0.6 is 22.9 Å². The molecule has 0 fully saturated rings. The van der Waals surface area contributed by atoms with E-state index in [0.29, 0.717) is 12.4 Å². The number of hydrogen-bond donors (Lipinski definition) is 0. The van der Waals surface area contributed by atoms with E-state index in [2.05, 4.69) is 16.0 Å². The topological polar surface area (TPSA) is 72.2 Å². The van der Waals surface area contributed by atoms with Gasteiger partial charge in [0.15, 0.2) is 0 Å². The smallest absolute Gasteiger partial charge is 0.329 e. The van der Waals surface area contributed by atoms with Gasteiger partial charge in [0.25, 0.3) is 0 Å². The molecule has 1 atom stereocenters. The summed E-state index contributed by atoms with van der Waals surface area (Å²) in [7, 11) is 0. The van der Waals surface area contributed by atoms with Crippen LogP contribution in [-0.2, 0) is 6.42 Å². The van der Waals surface area contributed by atoms with Gasteiger partial charge in [-0.05, 0) is 42.0 Å². The molecule has 3 heterocycles. The minimum absolute atomic E-state index is 0.0221. The summed E-state index contributed by atoms with van der Waals surface area (Å²) in [4.78, 5) is 21.7. The first-order chi connectivity index (χ1) is 9.58. The molecule has 0 saturated heterocycles. The number of nitro groups is 1. The lowest BCUT2D eigenvalue weighted by Crippen LogP contribution is -2.34. The number of nitrogens with zero attached hydrogens (tertiary/aromatic N) is 4. The Bertz CT molecular complexity index is 675. The second kappa shape index (κ2) is 4.99. The van der Waals surface area contributed by atoms with Crippen molar-refractivity contribution in [3.8, 4) is 0 Å². The molecule has 2 aromatic rings. The molecular formula is C12H11ClN4O2S. The second-order valence-corrected chi connectivity index (χ2v) is 5.86. The molecule has 2 aromatic heterocycles. The Hall–Kier alpha value is -1.73. The highest BCUT2D eigenvalue weighted by molar-refractivity contribution is 7.10. The van der Waals surface area contributed by atoms with Crippen molar-refractivity contribution in [1.29, 1.82) is 0 Å². The summed E-state index contributed by atoms with van der Waals surface area (Å²) in [5.41, 5.74) is 1.09. The molecule has 104 valence electrons. The number of anilines is 1. The van der Waals surface area contributed by atoms with Gasteiger partial charge in [-0.25, -0.2) is 4.98 Å². The van der Waals surface area contributed by atoms with Crippen molar-refractivity contribution >= 4 is 34.4 Å². The SMILES string of the molecule is CC1c2ccsc2CCN1c1nc(Cl)ncc1[N+](=O)[O-]. The Kier molecular flexibility index (Phi) is 3.31. The van der Waals surface area contributed by atoms with Crippen molar-refractivity contribution in [2.24, 2.45) is 0 Å². The summed E-state index contributed by atoms with van der Waals surface area (Å²) in [5, 5.41) is 13.2. The highest BCUT2D eigenvalue weighted by atomic mass is 35.5. The van der Waals surface area contributed by atoms with Crippen molar-refractivity contribution in [3.05, 3.63) is 43.5 Å². The summed E-state index contributed by atoms with van der Waals surface area (Å²) in [6.45, 7) is 2.70. The Morgan fingerprint density at radius 3 is 3.15 bits per heavy atom. The number of fused-ring (bicyclic) bond motifs is 1. The number of hydrogen-bond acceptors (Lipinski definition) is 6. The highest BCUT2D eigenvalue weighted by Gasteiger charge is 2.31. The van der Waals surface area contributed by atoms with Gasteiger partial charge in [0.05, 0.1) is 11.0 Å². The first-order valence-corrected chi connectivity index (χ1v) is 7.33. The third-order valence-corrected chi connectivity index (χ3v) is 4.65. The van der Waals surface area contributed by atoms with E-state index in [9.17, 15) is 10.1 Å². The largest absolute Gasteiger partial charge is 0.344 e. The van der Waals surface area contributed by atoms with Crippen molar-refractivity contribution in [3.63, 3.8) is 0 Å². The quantitative estimate of drug-likeness (QED) is 0.484. The number of halogens is 1. The van der Waals surface area contributed by atoms with Gasteiger partial charge in [-0.15, -0.1) is 11.3 Å². The van der Waals surface area contributed by atoms with E-state index in [4.69, 9.17) is 11.6 Å². The van der Waals surface area contributed by atoms with Crippen molar-refractivity contribution in [2.75, 3.05) is 11.4 Å². The standard InChI is InChI=1S/C12H11ClN4O2S/c1-7-8-3-5-20-10(8)2-4-16(7)11-9(17(18)19)6-14-12(13)15-11/h3,5-7H,2,4H2,1H3. The molecule has 20 heavy (non-hydrogen) atoms. The summed E-state index contributed by atoms with van der Waals surface area (Å²) in [6.07, 6.45) is 2.02. The van der Waals surface area contributed by atoms with Gasteiger partial charge in [0.1, 0.15) is 6.20 Å². The third kappa shape index (κ3) is 2.12. The summed E-state index contributed by atoms with van der Waals surface area (Å²) in [5.74, 6) is 0.291. The van der Waals surface area contributed by atoms with E-state index in [1.807, 2.05) is 17.2 Å². The van der Waals surface area contributed by atoms with E-state index in [1.54, 1.807) is 11.3 Å². The van der Waals surface area contributed by atoms with Gasteiger partial charge < -0.3 is 4.90 Å². The van der Waals surface area contributed by atoms with Crippen molar-refractivity contribution < 1.29 is 4.92 Å². The average molecular weight is 311 g/mol. The van der Waals surface area contributed by atoms with Gasteiger partial charge in [-0.2, -0.15) is 4.98 Å². The lowest BCUT2D eigenvalue weighted by atomic mass is 10.0. The van der Waals surface area contributed by atoms with Crippen LogP contribution in [0.1, 0.15) is 23.4 Å². The van der Waals surface area contributed by atoms with Gasteiger partial charge in [-0.3, -0.25) is 10.1 Å². The first kappa shape index (κ1) is 13.3. The fourth-order valence-corrected chi connectivity index (χ4v) is 3.58. The van der Waals surface area contributed by atoms with Crippen LogP contribution in [0.3, 0.4) is 0 Å². The monoisotopic (exact) mass is 310 g/mol. The lowest BCUT2D eigenvalue weighted by Gasteiger charge is -2.34. The summed E-state index contributed by atoms with van der Waals surface area (Å²) in [6, 6.07) is 2.10. The third-order valence-electron chi connectivity index (χ3n) is 3.47. The van der Waals surface area contributed by atoms with E-state index in [1.165, 1.54) is 16.6 Å². The number of aromatic nitrogens is 2. The van der Waals surface area contributed by atoms with Gasteiger partial charge >= 0.3 is 5.69 Å². The molecule has 0 amide bonds. The Balaban J connectivity index is 2.06. The first-order valence-electron chi connectivity index (χ1n) is 6.07. The van der Waals surface area contributed by atoms with Crippen LogP contribution in [0, 0.1) is 10.1 Å². The molecule has 0 saturated carbocycles. The van der Waals surface area contributed by atoms with Crippen LogP contribution in [-0.4, -0.2) is 21.4 Å². The predicted octanol–water partition coefficient (Wildman–Crippen LogP) is 3.22. The van der Waals surface area contributed by atoms with Crippen LogP contribution in [0.15, 0.2) is 17.6 Å². The maximum Gasteiger partial charge on any atom is 0.329 e. The molecule has 0 aromatic carbocycles. The van der Waals surface area contributed by atoms with E-state index >= 15 is 0 Å². The second-order valence-electron chi connectivity index (χ2n) is 4.52. The summed E-state index contributed by atoms with van der Waals surface area (Å²) < 4.78 is 0. The zero-order valence-electron chi connectivity index (χ0n) is 10.6. The zero-order valence-corrected chi connectivity index (χ0v) is 12.2. The Labute approximate surface area is 124 Å². The van der Waals surface area contributed by atoms with Crippen molar-refractivity contribution in [2.45, 2.75) is 19.4 Å². The van der Waals surface area contributed by atoms with E-state index in [0.717, 1.165) is 6.42 Å². The van der Waals surface area contributed by atoms with E-state index in [-0.39, 0.29) is 17.0 Å². The van der Waals surface area contributed by atoms with Crippen LogP contribution in [0.4, 0.5) is 11.5 Å². The zero-order chi connectivity index (χ0) is 14.3. The van der Waals surface area contributed by atoms with Crippen LogP contribution in [0.25, 0.3) is 0 Å². The van der Waals surface area contributed by atoms with Gasteiger partial charge in [-0.1, -0.05) is 0 Å². The number of rotatable bonds is 2. The normalized spacial score (nSPS) is 17.9. The van der Waals surface area contributed by atoms with Gasteiger partial charge in [0.2, 0.25) is 11.1 Å². The lowest BCUT2D eigenvalue weighted by molar-refractivity contribution is -0.384. The summed E-state index contributed by atoms with van der Waals surface area (Å²) >= 11 is 7.52. The molecule has 1 unspecified atom stereocenters. The molecule has 0 spiro atoms. The molecule has 1 aliphatic rings. The molecule has 0 radical (unpaired) electrons. The molecule has 1 aliphatic heterocycles. The maximum atomic E-state index is 11.1. The number of thiophene rings is 1. The molecule has 0 N–H and O–H groups in total. The minimum Gasteiger partial charge on any atom is -0.344 e. The maximum absolute atomic E-state index is 11.1. The van der Waals surface area contributed by atoms with Crippen LogP contribution < -0.4 is 4.90 Å². The molecule has 0 aliphatic carbocycles. The Morgan fingerprint density at radius 1 is 1.60 bits per heavy atom. The molecule has 8 heteroatoms. The molecule has 0 bridgehead atoms. The fraction of sp³-hybridized carbons (Fsp3) is 0.333. The average Bonchev–Trinajstić information content (AvgIpc) is 2.88. The van der Waals surface area contributed by atoms with Crippen LogP contribution in [0.5, 0.6) is 0 Å². The van der Waals surface area contributed by atoms with Gasteiger partial charge in [0, 0.05) is 11.4 Å². The molecule has 3 rings (SSSR count).